The maximum atomic E-state index is 13.0. The Morgan fingerprint density at radius 3 is 2.15 bits per heavy atom. The zero-order valence-electron chi connectivity index (χ0n) is 18.5. The van der Waals surface area contributed by atoms with E-state index < -0.39 is 26.9 Å². The highest BCUT2D eigenvalue weighted by Gasteiger charge is 2.27. The number of carbonyl (C=O) groups is 3. The fourth-order valence-corrected chi connectivity index (χ4v) is 3.70. The molecule has 1 aromatic carbocycles. The monoisotopic (exact) mass is 481 g/mol. The highest BCUT2D eigenvalue weighted by Crippen LogP contribution is 2.24. The Bertz CT molecular complexity index is 1150. The lowest BCUT2D eigenvalue weighted by Crippen LogP contribution is -2.36. The van der Waals surface area contributed by atoms with Crippen molar-refractivity contribution in [3.05, 3.63) is 29.8 Å². The SMILES string of the molecule is CCC(=O)N(C)c1ccc(C(=O)OC)c(S(=O)(=O)NC(=O)Nc2nc(OC)cc(OC)n2)c1. The molecule has 0 atom stereocenters. The van der Waals surface area contributed by atoms with E-state index >= 15 is 0 Å². The minimum atomic E-state index is -4.60. The number of hydrogen-bond donors (Lipinski definition) is 2. The lowest BCUT2D eigenvalue weighted by molar-refractivity contribution is -0.118. The topological polar surface area (TPSA) is 166 Å². The third-order valence-corrected chi connectivity index (χ3v) is 5.64. The maximum absolute atomic E-state index is 13.0. The van der Waals surface area contributed by atoms with Gasteiger partial charge in [0.05, 0.1) is 33.0 Å². The number of hydrogen-bond acceptors (Lipinski definition) is 10. The van der Waals surface area contributed by atoms with E-state index in [1.165, 1.54) is 44.4 Å². The van der Waals surface area contributed by atoms with Gasteiger partial charge in [0, 0.05) is 19.2 Å². The van der Waals surface area contributed by atoms with Crippen LogP contribution >= 0.6 is 0 Å². The molecule has 1 aromatic heterocycles. The smallest absolute Gasteiger partial charge is 0.339 e. The van der Waals surface area contributed by atoms with Gasteiger partial charge in [-0.2, -0.15) is 9.97 Å². The van der Waals surface area contributed by atoms with E-state index in [4.69, 9.17) is 9.47 Å². The zero-order chi connectivity index (χ0) is 24.8. The average Bonchev–Trinajstić information content (AvgIpc) is 2.81. The van der Waals surface area contributed by atoms with Crippen LogP contribution in [0.2, 0.25) is 0 Å². The number of rotatable bonds is 8. The summed E-state index contributed by atoms with van der Waals surface area (Å²) in [7, 11) is 0.582. The molecule has 13 nitrogen and oxygen atoms in total. The standard InChI is InChI=1S/C19H23N5O8S/c1-6-16(25)24(2)11-7-8-12(17(26)32-5)13(9-11)33(28,29)23-19(27)22-18-20-14(30-3)10-15(21-18)31-4/h7-10H,6H2,1-5H3,(H2,20,21,22,23,27). The van der Waals surface area contributed by atoms with Crippen molar-refractivity contribution in [2.45, 2.75) is 18.2 Å². The third kappa shape index (κ3) is 6.06. The Morgan fingerprint density at radius 2 is 1.64 bits per heavy atom. The molecule has 0 unspecified atom stereocenters. The van der Waals surface area contributed by atoms with Crippen LogP contribution in [0.5, 0.6) is 11.8 Å². The van der Waals surface area contributed by atoms with Gasteiger partial charge in [-0.05, 0) is 18.2 Å². The molecule has 3 amide bonds. The molecule has 178 valence electrons. The Morgan fingerprint density at radius 1 is 1.03 bits per heavy atom. The largest absolute Gasteiger partial charge is 0.481 e. The molecule has 0 aliphatic heterocycles. The number of sulfonamides is 1. The van der Waals surface area contributed by atoms with Gasteiger partial charge in [0.2, 0.25) is 23.6 Å². The quantitative estimate of drug-likeness (QED) is 0.522. The average molecular weight is 481 g/mol. The van der Waals surface area contributed by atoms with Gasteiger partial charge in [-0.1, -0.05) is 6.92 Å². The second kappa shape index (κ2) is 10.6. The van der Waals surface area contributed by atoms with Crippen molar-refractivity contribution < 1.29 is 37.0 Å². The number of carbonyl (C=O) groups excluding carboxylic acids is 3. The van der Waals surface area contributed by atoms with E-state index in [9.17, 15) is 22.8 Å². The van der Waals surface area contributed by atoms with Crippen molar-refractivity contribution in [3.63, 3.8) is 0 Å². The van der Waals surface area contributed by atoms with Gasteiger partial charge in [-0.3, -0.25) is 10.1 Å². The summed E-state index contributed by atoms with van der Waals surface area (Å²) >= 11 is 0. The lowest BCUT2D eigenvalue weighted by atomic mass is 10.2. The van der Waals surface area contributed by atoms with Crippen LogP contribution < -0.4 is 24.4 Å². The normalized spacial score (nSPS) is 10.7. The maximum Gasteiger partial charge on any atom is 0.339 e. The van der Waals surface area contributed by atoms with Crippen molar-refractivity contribution in [2.24, 2.45) is 0 Å². The van der Waals surface area contributed by atoms with Crippen LogP contribution in [-0.4, -0.2) is 64.7 Å². The molecule has 0 saturated carbocycles. The second-order valence-electron chi connectivity index (χ2n) is 6.31. The van der Waals surface area contributed by atoms with E-state index in [2.05, 4.69) is 20.0 Å². The number of nitrogens with zero attached hydrogens (tertiary/aromatic N) is 3. The van der Waals surface area contributed by atoms with Crippen molar-refractivity contribution in [1.29, 1.82) is 0 Å². The van der Waals surface area contributed by atoms with Crippen molar-refractivity contribution in [1.82, 2.24) is 14.7 Å². The summed E-state index contributed by atoms with van der Waals surface area (Å²) in [5.74, 6) is -1.42. The molecule has 0 aliphatic rings. The number of urea groups is 1. The van der Waals surface area contributed by atoms with Crippen molar-refractivity contribution >= 4 is 39.6 Å². The number of esters is 1. The number of aromatic nitrogens is 2. The zero-order valence-corrected chi connectivity index (χ0v) is 19.3. The number of nitrogens with one attached hydrogen (secondary N) is 2. The van der Waals surface area contributed by atoms with Crippen LogP contribution in [0.4, 0.5) is 16.4 Å². The molecule has 0 aliphatic carbocycles. The van der Waals surface area contributed by atoms with Crippen LogP contribution in [0.15, 0.2) is 29.2 Å². The summed E-state index contributed by atoms with van der Waals surface area (Å²) in [5, 5.41) is 2.15. The molecule has 2 rings (SSSR count). The van der Waals surface area contributed by atoms with E-state index in [0.29, 0.717) is 0 Å². The first-order valence-corrected chi connectivity index (χ1v) is 10.8. The Labute approximate surface area is 190 Å². The lowest BCUT2D eigenvalue weighted by Gasteiger charge is -2.19. The van der Waals surface area contributed by atoms with Crippen molar-refractivity contribution in [2.75, 3.05) is 38.6 Å². The van der Waals surface area contributed by atoms with Crippen LogP contribution in [0.25, 0.3) is 0 Å². The first kappa shape index (κ1) is 25.3. The van der Waals surface area contributed by atoms with Gasteiger partial charge < -0.3 is 19.1 Å². The second-order valence-corrected chi connectivity index (χ2v) is 7.97. The Balaban J connectivity index is 2.40. The molecule has 14 heteroatoms. The number of anilines is 2. The molecular formula is C19H23N5O8S. The van der Waals surface area contributed by atoms with Crippen molar-refractivity contribution in [3.8, 4) is 11.8 Å². The van der Waals surface area contributed by atoms with Gasteiger partial charge in [-0.25, -0.2) is 22.7 Å². The van der Waals surface area contributed by atoms with E-state index in [1.807, 2.05) is 0 Å². The van der Waals surface area contributed by atoms with Gasteiger partial charge in [-0.15, -0.1) is 0 Å². The van der Waals surface area contributed by atoms with Gasteiger partial charge in [0.15, 0.2) is 0 Å². The molecule has 0 saturated heterocycles. The molecule has 0 fully saturated rings. The fraction of sp³-hybridized carbons (Fsp3) is 0.316. The van der Waals surface area contributed by atoms with Crippen LogP contribution in [0.3, 0.4) is 0 Å². The molecule has 0 bridgehead atoms. The van der Waals surface area contributed by atoms with Crippen LogP contribution in [-0.2, 0) is 19.6 Å². The van der Waals surface area contributed by atoms with Crippen LogP contribution in [0, 0.1) is 0 Å². The van der Waals surface area contributed by atoms with E-state index in [0.717, 1.165) is 13.2 Å². The predicted octanol–water partition coefficient (Wildman–Crippen LogP) is 1.16. The minimum Gasteiger partial charge on any atom is -0.481 e. The number of ether oxygens (including phenoxy) is 3. The summed E-state index contributed by atoms with van der Waals surface area (Å²) < 4.78 is 42.3. The van der Waals surface area contributed by atoms with E-state index in [-0.39, 0.29) is 41.3 Å². The summed E-state index contributed by atoms with van der Waals surface area (Å²) in [4.78, 5) is 44.9. The first-order chi connectivity index (χ1) is 15.6. The summed E-state index contributed by atoms with van der Waals surface area (Å²) in [5.41, 5.74) is -0.144. The Hall–Kier alpha value is -3.94. The van der Waals surface area contributed by atoms with Gasteiger partial charge >= 0.3 is 12.0 Å². The van der Waals surface area contributed by atoms with Gasteiger partial charge in [0.25, 0.3) is 10.0 Å². The molecule has 1 heterocycles. The first-order valence-electron chi connectivity index (χ1n) is 9.36. The highest BCUT2D eigenvalue weighted by atomic mass is 32.2. The Kier molecular flexibility index (Phi) is 8.12. The molecule has 0 spiro atoms. The number of amides is 3. The molecular weight excluding hydrogens is 458 g/mol. The third-order valence-electron chi connectivity index (χ3n) is 4.27. The molecule has 2 N–H and O–H groups in total. The highest BCUT2D eigenvalue weighted by molar-refractivity contribution is 7.90. The predicted molar refractivity (Wildman–Crippen MR) is 116 cm³/mol. The fourth-order valence-electron chi connectivity index (χ4n) is 2.57. The van der Waals surface area contributed by atoms with Gasteiger partial charge in [0.1, 0.15) is 4.90 Å². The van der Waals surface area contributed by atoms with Crippen LogP contribution in [0.1, 0.15) is 23.7 Å². The summed E-state index contributed by atoms with van der Waals surface area (Å²) in [6, 6.07) is 3.78. The molecule has 2 aromatic rings. The van der Waals surface area contributed by atoms with E-state index in [1.54, 1.807) is 11.6 Å². The number of benzene rings is 1. The molecule has 33 heavy (non-hydrogen) atoms. The summed E-state index contributed by atoms with van der Waals surface area (Å²) in [6.45, 7) is 1.64. The minimum absolute atomic E-state index is 0.0596. The molecule has 0 radical (unpaired) electrons. The summed E-state index contributed by atoms with van der Waals surface area (Å²) in [6.07, 6.45) is 0.169. The number of methoxy groups -OCH3 is 3.